The van der Waals surface area contributed by atoms with Crippen LogP contribution in [0.25, 0.3) is 11.3 Å². The highest BCUT2D eigenvalue weighted by Gasteiger charge is 2.26. The monoisotopic (exact) mass is 617 g/mol. The molecule has 1 heterocycles. The van der Waals surface area contributed by atoms with Gasteiger partial charge in [-0.25, -0.2) is 4.39 Å². The fourth-order valence-electron chi connectivity index (χ4n) is 2.46. The van der Waals surface area contributed by atoms with Crippen molar-refractivity contribution in [3.63, 3.8) is 0 Å². The predicted molar refractivity (Wildman–Crippen MR) is 121 cm³/mol. The zero-order chi connectivity index (χ0) is 22.4. The fourth-order valence-corrected chi connectivity index (χ4v) is 5.19. The minimum absolute atomic E-state index is 0.00467. The normalized spacial score (nSPS) is 11.6. The van der Waals surface area contributed by atoms with Crippen molar-refractivity contribution < 1.29 is 17.1 Å². The van der Waals surface area contributed by atoms with Crippen molar-refractivity contribution in [3.05, 3.63) is 82.1 Å². The average Bonchev–Trinajstić information content (AvgIpc) is 2.68. The summed E-state index contributed by atoms with van der Waals surface area (Å²) in [6.07, 6.45) is 0. The molecule has 158 valence electrons. The topological polar surface area (TPSA) is 65.4 Å². The Morgan fingerprint density at radius 3 is 2.13 bits per heavy atom. The second kappa shape index (κ2) is 8.80. The van der Waals surface area contributed by atoms with E-state index in [2.05, 4.69) is 31.9 Å². The molecular weight excluding hydrogens is 611 g/mol. The Bertz CT molecular complexity index is 1330. The second-order valence-corrected chi connectivity index (χ2v) is 10.3. The van der Waals surface area contributed by atoms with E-state index in [9.17, 15) is 17.6 Å². The van der Waals surface area contributed by atoms with E-state index in [-0.39, 0.29) is 35.7 Å². The van der Waals surface area contributed by atoms with Gasteiger partial charge in [-0.15, -0.1) is 4.73 Å². The highest BCUT2D eigenvalue weighted by molar-refractivity contribution is 9.11. The maximum Gasteiger partial charge on any atom is 0.357 e. The van der Waals surface area contributed by atoms with Crippen LogP contribution >= 0.6 is 66.7 Å². The number of pyridine rings is 1. The molecule has 1 aromatic heterocycles. The lowest BCUT2D eigenvalue weighted by Crippen LogP contribution is -2.33. The molecule has 0 amide bonds. The minimum atomic E-state index is -4.51. The van der Waals surface area contributed by atoms with Gasteiger partial charge in [0.25, 0.3) is 5.56 Å². The van der Waals surface area contributed by atoms with Crippen LogP contribution in [0.5, 0.6) is 0 Å². The van der Waals surface area contributed by atoms with Crippen molar-refractivity contribution in [3.8, 4) is 11.3 Å². The Morgan fingerprint density at radius 1 is 0.967 bits per heavy atom. The van der Waals surface area contributed by atoms with Crippen LogP contribution in [0.3, 0.4) is 0 Å². The zero-order valence-electron chi connectivity index (χ0n) is 14.7. The predicted octanol–water partition coefficient (Wildman–Crippen LogP) is 6.27. The molecule has 0 aliphatic heterocycles. The van der Waals surface area contributed by atoms with Crippen LogP contribution in [0.15, 0.2) is 55.0 Å². The highest BCUT2D eigenvalue weighted by atomic mass is 79.9. The maximum atomic E-state index is 13.2. The van der Waals surface area contributed by atoms with Crippen LogP contribution in [-0.4, -0.2) is 13.1 Å². The van der Waals surface area contributed by atoms with Crippen molar-refractivity contribution in [2.24, 2.45) is 0 Å². The molecule has 0 bridgehead atoms. The first-order chi connectivity index (χ1) is 13.9. The third-order valence-electron chi connectivity index (χ3n) is 3.98. The van der Waals surface area contributed by atoms with Crippen LogP contribution in [0, 0.1) is 12.7 Å². The number of nitrogens with zero attached hydrogens (tertiary/aromatic N) is 1. The molecule has 0 unspecified atom stereocenters. The lowest BCUT2D eigenvalue weighted by Gasteiger charge is -2.18. The van der Waals surface area contributed by atoms with E-state index >= 15 is 0 Å². The van der Waals surface area contributed by atoms with Crippen LogP contribution in [-0.2, 0) is 10.1 Å². The summed E-state index contributed by atoms with van der Waals surface area (Å²) in [7, 11) is -4.51. The van der Waals surface area contributed by atoms with E-state index in [0.29, 0.717) is 14.8 Å². The molecule has 12 heteroatoms. The first-order valence-corrected chi connectivity index (χ1v) is 12.0. The zero-order valence-corrected chi connectivity index (χ0v) is 21.0. The van der Waals surface area contributed by atoms with Crippen LogP contribution in [0.4, 0.5) is 4.39 Å². The van der Waals surface area contributed by atoms with Crippen molar-refractivity contribution in [1.29, 1.82) is 0 Å². The van der Waals surface area contributed by atoms with Gasteiger partial charge < -0.3 is 0 Å². The minimum Gasteiger partial charge on any atom is -0.280 e. The third-order valence-corrected chi connectivity index (χ3v) is 8.12. The van der Waals surface area contributed by atoms with Crippen molar-refractivity contribution in [1.82, 2.24) is 4.73 Å². The number of halogens is 6. The number of benzene rings is 2. The van der Waals surface area contributed by atoms with Crippen LogP contribution < -0.4 is 9.84 Å². The van der Waals surface area contributed by atoms with Gasteiger partial charge in [-0.1, -0.05) is 34.8 Å². The molecule has 0 atom stereocenters. The Balaban J connectivity index is 2.31. The van der Waals surface area contributed by atoms with E-state index in [0.717, 1.165) is 24.3 Å². The van der Waals surface area contributed by atoms with Gasteiger partial charge in [0.2, 0.25) is 0 Å². The van der Waals surface area contributed by atoms with E-state index < -0.39 is 21.5 Å². The smallest absolute Gasteiger partial charge is 0.280 e. The Hall–Kier alpha value is -1.10. The molecule has 0 radical (unpaired) electrons. The van der Waals surface area contributed by atoms with Gasteiger partial charge in [0.15, 0.2) is 0 Å². The summed E-state index contributed by atoms with van der Waals surface area (Å²) in [5.41, 5.74) is -0.149. The lowest BCUT2D eigenvalue weighted by atomic mass is 10.1. The summed E-state index contributed by atoms with van der Waals surface area (Å²) >= 11 is 24.9. The molecule has 0 N–H and O–H groups in total. The van der Waals surface area contributed by atoms with Crippen LogP contribution in [0.2, 0.25) is 15.1 Å². The highest BCUT2D eigenvalue weighted by Crippen LogP contribution is 2.40. The molecule has 5 nitrogen and oxygen atoms in total. The van der Waals surface area contributed by atoms with Gasteiger partial charge in [-0.3, -0.25) is 9.08 Å². The molecular formula is C18H9Br2Cl3FNO4S. The molecule has 0 aliphatic rings. The quantitative estimate of drug-likeness (QED) is 0.323. The van der Waals surface area contributed by atoms with Gasteiger partial charge in [-0.2, -0.15) is 8.42 Å². The fraction of sp³-hybridized carbons (Fsp3) is 0.0556. The Morgan fingerprint density at radius 2 is 1.53 bits per heavy atom. The standard InChI is InChI=1S/C18H9Br2Cl3FNO4S/c1-8-15(19)17(11-6-13(22)14(23)7-12(11)21)25(18(26)16(8)20)29-30(27,28)10-4-2-9(24)3-5-10/h2-7H,1H3. The van der Waals surface area contributed by atoms with Crippen molar-refractivity contribution >= 4 is 76.8 Å². The summed E-state index contributed by atoms with van der Waals surface area (Å²) < 4.78 is 44.8. The van der Waals surface area contributed by atoms with E-state index in [4.69, 9.17) is 39.1 Å². The summed E-state index contributed by atoms with van der Waals surface area (Å²) in [6, 6.07) is 6.67. The Kier molecular flexibility index (Phi) is 6.91. The van der Waals surface area contributed by atoms with Gasteiger partial charge in [-0.05, 0) is 80.7 Å². The van der Waals surface area contributed by atoms with E-state index in [1.807, 2.05) is 0 Å². The van der Waals surface area contributed by atoms with Gasteiger partial charge in [0, 0.05) is 10.0 Å². The molecule has 3 rings (SSSR count). The van der Waals surface area contributed by atoms with Gasteiger partial charge in [0.1, 0.15) is 16.4 Å². The van der Waals surface area contributed by atoms with Gasteiger partial charge in [0.05, 0.1) is 19.5 Å². The largest absolute Gasteiger partial charge is 0.357 e. The molecule has 0 fully saturated rings. The maximum absolute atomic E-state index is 13.2. The summed E-state index contributed by atoms with van der Waals surface area (Å²) in [4.78, 5) is 12.6. The average molecular weight is 621 g/mol. The number of hydrogen-bond donors (Lipinski definition) is 0. The van der Waals surface area contributed by atoms with Crippen molar-refractivity contribution in [2.75, 3.05) is 0 Å². The van der Waals surface area contributed by atoms with E-state index in [1.165, 1.54) is 12.1 Å². The summed E-state index contributed by atoms with van der Waals surface area (Å²) in [5.74, 6) is -0.629. The summed E-state index contributed by atoms with van der Waals surface area (Å²) in [5, 5.41) is 0.399. The van der Waals surface area contributed by atoms with E-state index in [1.54, 1.807) is 6.92 Å². The SMILES string of the molecule is Cc1c(Br)c(-c2cc(Cl)c(Cl)cc2Cl)n(OS(=O)(=O)c2ccc(F)cc2)c(=O)c1Br. The lowest BCUT2D eigenvalue weighted by molar-refractivity contribution is 0.270. The molecule has 0 saturated carbocycles. The third kappa shape index (κ3) is 4.42. The first-order valence-electron chi connectivity index (χ1n) is 7.90. The molecule has 2 aromatic carbocycles. The number of hydrogen-bond acceptors (Lipinski definition) is 4. The number of aromatic nitrogens is 1. The number of rotatable bonds is 4. The van der Waals surface area contributed by atoms with Crippen molar-refractivity contribution in [2.45, 2.75) is 11.8 Å². The Labute approximate surface area is 202 Å². The molecule has 3 aromatic rings. The van der Waals surface area contributed by atoms with Crippen LogP contribution in [0.1, 0.15) is 5.56 Å². The summed E-state index contributed by atoms with van der Waals surface area (Å²) in [6.45, 7) is 1.63. The van der Waals surface area contributed by atoms with Gasteiger partial charge >= 0.3 is 10.1 Å². The second-order valence-electron chi connectivity index (χ2n) is 5.93. The molecule has 0 aliphatic carbocycles. The molecule has 30 heavy (non-hydrogen) atoms. The molecule has 0 spiro atoms. The molecule has 0 saturated heterocycles. The first kappa shape index (κ1) is 23.6.